The van der Waals surface area contributed by atoms with Crippen molar-refractivity contribution in [2.75, 3.05) is 20.1 Å². The monoisotopic (exact) mass is 376 g/mol. The number of hydrogen-bond donors (Lipinski definition) is 0. The lowest BCUT2D eigenvalue weighted by Gasteiger charge is -2.20. The maximum absolute atomic E-state index is 13.0. The first kappa shape index (κ1) is 18.6. The van der Waals surface area contributed by atoms with Crippen LogP contribution in [0.2, 0.25) is 0 Å². The Kier molecular flexibility index (Phi) is 4.90. The summed E-state index contributed by atoms with van der Waals surface area (Å²) in [4.78, 5) is 19.1. The Labute approximate surface area is 154 Å². The van der Waals surface area contributed by atoms with Crippen molar-refractivity contribution in [2.45, 2.75) is 32.2 Å². The van der Waals surface area contributed by atoms with Crippen LogP contribution in [-0.2, 0) is 16.6 Å². The summed E-state index contributed by atoms with van der Waals surface area (Å²) < 4.78 is 29.1. The molecule has 1 aromatic heterocycles. The average molecular weight is 376 g/mol. The summed E-state index contributed by atoms with van der Waals surface area (Å²) in [5, 5.41) is 0. The highest BCUT2D eigenvalue weighted by molar-refractivity contribution is 7.89. The number of amides is 1. The summed E-state index contributed by atoms with van der Waals surface area (Å²) in [6, 6.07) is 6.82. The number of carbonyl (C=O) groups is 1. The van der Waals surface area contributed by atoms with Crippen molar-refractivity contribution in [1.82, 2.24) is 18.8 Å². The number of carbonyl (C=O) groups excluding carboxylic acids is 1. The summed E-state index contributed by atoms with van der Waals surface area (Å²) in [6.07, 6.45) is 1.54. The standard InChI is InChI=1S/C18H24N4O3S/c1-5-21-11-15-17(18(23)20(4)10-13(2)3)19-12-22(15)14-8-6-7-9-16(14)26(21,24)25/h6-9,12-13H,5,10-11H2,1-4H3. The Morgan fingerprint density at radius 3 is 2.65 bits per heavy atom. The van der Waals surface area contributed by atoms with Crippen molar-refractivity contribution in [2.24, 2.45) is 5.92 Å². The number of sulfonamides is 1. The van der Waals surface area contributed by atoms with Gasteiger partial charge in [-0.3, -0.25) is 9.36 Å². The summed E-state index contributed by atoms with van der Waals surface area (Å²) in [5.41, 5.74) is 1.43. The molecule has 0 fully saturated rings. The predicted molar refractivity (Wildman–Crippen MR) is 98.6 cm³/mol. The summed E-state index contributed by atoms with van der Waals surface area (Å²) in [7, 11) is -1.89. The van der Waals surface area contributed by atoms with Crippen LogP contribution in [0.4, 0.5) is 0 Å². The molecule has 140 valence electrons. The van der Waals surface area contributed by atoms with Crippen LogP contribution in [0, 0.1) is 5.92 Å². The molecule has 0 saturated carbocycles. The van der Waals surface area contributed by atoms with E-state index in [1.807, 2.05) is 13.8 Å². The van der Waals surface area contributed by atoms with Gasteiger partial charge in [-0.15, -0.1) is 0 Å². The fraction of sp³-hybridized carbons (Fsp3) is 0.444. The van der Waals surface area contributed by atoms with E-state index in [1.165, 1.54) is 4.31 Å². The number of hydrogen-bond acceptors (Lipinski definition) is 4. The zero-order valence-electron chi connectivity index (χ0n) is 15.5. The van der Waals surface area contributed by atoms with E-state index in [9.17, 15) is 13.2 Å². The summed E-state index contributed by atoms with van der Waals surface area (Å²) in [5.74, 6) is 0.138. The molecule has 0 N–H and O–H groups in total. The van der Waals surface area contributed by atoms with Gasteiger partial charge in [0.15, 0.2) is 5.69 Å². The number of para-hydroxylation sites is 1. The second-order valence-corrected chi connectivity index (χ2v) is 8.79. The molecule has 1 aliphatic rings. The molecule has 0 atom stereocenters. The number of aromatic nitrogens is 2. The minimum Gasteiger partial charge on any atom is -0.340 e. The Morgan fingerprint density at radius 2 is 2.00 bits per heavy atom. The first-order chi connectivity index (χ1) is 12.3. The predicted octanol–water partition coefficient (Wildman–Crippen LogP) is 2.12. The Balaban J connectivity index is 2.15. The van der Waals surface area contributed by atoms with Crippen molar-refractivity contribution in [1.29, 1.82) is 0 Å². The third kappa shape index (κ3) is 3.03. The van der Waals surface area contributed by atoms with Gasteiger partial charge in [0.05, 0.1) is 17.9 Å². The van der Waals surface area contributed by atoms with Gasteiger partial charge in [-0.25, -0.2) is 13.4 Å². The average Bonchev–Trinajstić information content (AvgIpc) is 2.97. The number of imidazole rings is 1. The Morgan fingerprint density at radius 1 is 1.31 bits per heavy atom. The third-order valence-electron chi connectivity index (χ3n) is 4.48. The van der Waals surface area contributed by atoms with Gasteiger partial charge in [0.1, 0.15) is 11.2 Å². The smallest absolute Gasteiger partial charge is 0.274 e. The molecule has 7 nitrogen and oxygen atoms in total. The van der Waals surface area contributed by atoms with E-state index in [2.05, 4.69) is 4.98 Å². The lowest BCUT2D eigenvalue weighted by Crippen LogP contribution is -2.33. The SMILES string of the molecule is CCN1Cc2c(C(=O)N(C)CC(C)C)ncn2-c2ccccc2S1(=O)=O. The van der Waals surface area contributed by atoms with Crippen LogP contribution in [0.3, 0.4) is 0 Å². The largest absolute Gasteiger partial charge is 0.340 e. The molecule has 3 rings (SSSR count). The zero-order chi connectivity index (χ0) is 19.1. The highest BCUT2D eigenvalue weighted by Crippen LogP contribution is 2.31. The van der Waals surface area contributed by atoms with Crippen LogP contribution in [0.15, 0.2) is 35.5 Å². The fourth-order valence-electron chi connectivity index (χ4n) is 3.27. The van der Waals surface area contributed by atoms with E-state index in [1.54, 1.807) is 54.0 Å². The molecular weight excluding hydrogens is 352 g/mol. The molecule has 0 radical (unpaired) electrons. The summed E-state index contributed by atoms with van der Waals surface area (Å²) in [6.45, 7) is 6.91. The molecule has 1 amide bonds. The first-order valence-corrected chi connectivity index (χ1v) is 10.1. The van der Waals surface area contributed by atoms with Gasteiger partial charge in [-0.1, -0.05) is 32.9 Å². The van der Waals surface area contributed by atoms with Crippen LogP contribution in [0.5, 0.6) is 0 Å². The van der Waals surface area contributed by atoms with Crippen LogP contribution < -0.4 is 0 Å². The highest BCUT2D eigenvalue weighted by Gasteiger charge is 2.34. The third-order valence-corrected chi connectivity index (χ3v) is 6.44. The number of fused-ring (bicyclic) bond motifs is 3. The van der Waals surface area contributed by atoms with Crippen LogP contribution in [0.1, 0.15) is 37.0 Å². The van der Waals surface area contributed by atoms with E-state index in [0.717, 1.165) is 0 Å². The molecule has 0 aliphatic carbocycles. The van der Waals surface area contributed by atoms with Crippen LogP contribution in [-0.4, -0.2) is 53.2 Å². The molecule has 8 heteroatoms. The zero-order valence-corrected chi connectivity index (χ0v) is 16.3. The molecule has 1 aliphatic heterocycles. The normalized spacial score (nSPS) is 16.0. The van der Waals surface area contributed by atoms with Gasteiger partial charge in [0.25, 0.3) is 5.91 Å². The van der Waals surface area contributed by atoms with Crippen molar-refractivity contribution >= 4 is 15.9 Å². The molecule has 0 spiro atoms. The maximum Gasteiger partial charge on any atom is 0.274 e. The lowest BCUT2D eigenvalue weighted by atomic mass is 10.2. The van der Waals surface area contributed by atoms with Gasteiger partial charge < -0.3 is 4.90 Å². The van der Waals surface area contributed by atoms with Gasteiger partial charge in [0.2, 0.25) is 10.0 Å². The van der Waals surface area contributed by atoms with Crippen molar-refractivity contribution in [3.05, 3.63) is 42.0 Å². The van der Waals surface area contributed by atoms with Gasteiger partial charge in [-0.05, 0) is 18.1 Å². The molecule has 2 heterocycles. The summed E-state index contributed by atoms with van der Waals surface area (Å²) >= 11 is 0. The number of benzene rings is 1. The van der Waals surface area contributed by atoms with Crippen molar-refractivity contribution < 1.29 is 13.2 Å². The highest BCUT2D eigenvalue weighted by atomic mass is 32.2. The van der Waals surface area contributed by atoms with Gasteiger partial charge in [-0.2, -0.15) is 4.31 Å². The second-order valence-electron chi connectivity index (χ2n) is 6.89. The number of rotatable bonds is 4. The molecule has 0 unspecified atom stereocenters. The van der Waals surface area contributed by atoms with Crippen LogP contribution in [0.25, 0.3) is 5.69 Å². The van der Waals surface area contributed by atoms with E-state index >= 15 is 0 Å². The van der Waals surface area contributed by atoms with Crippen molar-refractivity contribution in [3.63, 3.8) is 0 Å². The maximum atomic E-state index is 13.0. The van der Waals surface area contributed by atoms with Crippen LogP contribution >= 0.6 is 0 Å². The quantitative estimate of drug-likeness (QED) is 0.819. The molecular formula is C18H24N4O3S. The van der Waals surface area contributed by atoms with Gasteiger partial charge in [0, 0.05) is 20.1 Å². The van der Waals surface area contributed by atoms with Crippen molar-refractivity contribution in [3.8, 4) is 5.69 Å². The van der Waals surface area contributed by atoms with Gasteiger partial charge >= 0.3 is 0 Å². The molecule has 2 aromatic rings. The van der Waals surface area contributed by atoms with E-state index in [-0.39, 0.29) is 17.3 Å². The molecule has 26 heavy (non-hydrogen) atoms. The first-order valence-electron chi connectivity index (χ1n) is 8.68. The minimum atomic E-state index is -3.63. The number of nitrogens with zero attached hydrogens (tertiary/aromatic N) is 4. The van der Waals surface area contributed by atoms with E-state index in [0.29, 0.717) is 36.1 Å². The lowest BCUT2D eigenvalue weighted by molar-refractivity contribution is 0.0772. The molecule has 0 saturated heterocycles. The Hall–Kier alpha value is -2.19. The van der Waals surface area contributed by atoms with E-state index < -0.39 is 10.0 Å². The Bertz CT molecular complexity index is 934. The second kappa shape index (κ2) is 6.85. The fourth-order valence-corrected chi connectivity index (χ4v) is 4.86. The molecule has 0 bridgehead atoms. The topological polar surface area (TPSA) is 75.5 Å². The minimum absolute atomic E-state index is 0.115. The molecule has 1 aromatic carbocycles. The van der Waals surface area contributed by atoms with E-state index in [4.69, 9.17) is 0 Å².